The van der Waals surface area contributed by atoms with Gasteiger partial charge in [0.1, 0.15) is 34.5 Å². The fourth-order valence-corrected chi connectivity index (χ4v) is 14.8. The highest BCUT2D eigenvalue weighted by Gasteiger charge is 2.21. The van der Waals surface area contributed by atoms with Crippen molar-refractivity contribution in [2.24, 2.45) is 0 Å². The van der Waals surface area contributed by atoms with E-state index in [1.807, 2.05) is 147 Å². The standard InChI is InChI=1S/2C16H19NO.C16H19N.C14H21N.C13H21ClN2.C12H19NO.C10H18N2O.C10H16N2.C10H22N2/c1-13(2)17-12-14-7-6-10-16(11-14)18-15-8-4-3-5-9-15;1-13(2)17-12-14-8-10-16(11-9-14)18-15-6-4-3-5-7-15;1-13(2)17-12-14-8-10-16(11-9-14)15-6-4-3-5-7-15;1-11(2)15-10-13-8-5-7-12-6-3-4-9-14(12)13;1-10(2)15-9-13(16(3)4)11-7-5-6-8-12(11)14;1-10(2)13-8-7-11-5-4-6-12(9-11)14-3;1-7(2)11-6-5-10-8(3)12-13-9(10)4;1-9(2)12-7-5-10-4-3-6-11-8-10;1-10(2)11-6-9-12-7-4-3-5-8-12/h2*3-11,13,17H,12H2,1-2H3;3-11,13,17H,12H2,1-2H3;3-4,6,9,11,13,15H,5,7-8,10H2,1-2H3;5-8,10,13,15H,9H2,1-4H3;4-6,9-10,13H,7-8H2,1-3H3;7,11H,5-6H2,1-4H3;3-4,6,8-9,12H,5,7H2,1-2H3;10-11H,3-9H2,1-2H3. The maximum absolute atomic E-state index is 6.22. The molecule has 0 saturated carbocycles. The van der Waals surface area contributed by atoms with Crippen LogP contribution in [0, 0.1) is 13.8 Å². The highest BCUT2D eigenvalue weighted by Crippen LogP contribution is 2.32. The Labute approximate surface area is 822 Å². The van der Waals surface area contributed by atoms with Gasteiger partial charge in [-0.25, -0.2) is 0 Å². The van der Waals surface area contributed by atoms with Gasteiger partial charge in [-0.1, -0.05) is 324 Å². The van der Waals surface area contributed by atoms with Gasteiger partial charge < -0.3 is 76.4 Å². The van der Waals surface area contributed by atoms with E-state index in [1.165, 1.54) is 108 Å². The van der Waals surface area contributed by atoms with Crippen LogP contribution >= 0.6 is 11.6 Å². The minimum absolute atomic E-state index is 0.316. The van der Waals surface area contributed by atoms with Crippen molar-refractivity contribution in [3.8, 4) is 39.9 Å². The number of para-hydroxylation sites is 2. The second-order valence-corrected chi connectivity index (χ2v) is 38.2. The van der Waals surface area contributed by atoms with E-state index >= 15 is 0 Å². The number of hydrogen-bond acceptors (Lipinski definition) is 17. The van der Waals surface area contributed by atoms with Gasteiger partial charge >= 0.3 is 0 Å². The van der Waals surface area contributed by atoms with E-state index in [2.05, 4.69) is 328 Å². The summed E-state index contributed by atoms with van der Waals surface area (Å²) in [5.74, 6) is 6.10. The predicted octanol–water partition coefficient (Wildman–Crippen LogP) is 25.0. The normalized spacial score (nSPS) is 12.9. The molecule has 17 nitrogen and oxygen atoms in total. The van der Waals surface area contributed by atoms with Gasteiger partial charge in [-0.05, 0) is 246 Å². The smallest absolute Gasteiger partial charge is 0.137 e. The van der Waals surface area contributed by atoms with Crippen molar-refractivity contribution >= 4 is 11.6 Å². The molecule has 1 fully saturated rings. The summed E-state index contributed by atoms with van der Waals surface area (Å²) < 4.78 is 21.8. The summed E-state index contributed by atoms with van der Waals surface area (Å²) >= 11 is 6.22. The van der Waals surface area contributed by atoms with Crippen LogP contribution < -0.4 is 62.1 Å². The summed E-state index contributed by atoms with van der Waals surface area (Å²) in [6, 6.07) is 89.8. The average molecular weight is 1860 g/mol. The van der Waals surface area contributed by atoms with Crippen molar-refractivity contribution in [3.05, 3.63) is 328 Å². The zero-order valence-electron chi connectivity index (χ0n) is 86.8. The second-order valence-electron chi connectivity index (χ2n) is 37.8. The molecule has 0 amide bonds. The zero-order chi connectivity index (χ0) is 98.3. The van der Waals surface area contributed by atoms with Crippen LogP contribution in [0.2, 0.25) is 5.02 Å². The molecular weight excluding hydrogens is 1690 g/mol. The Bertz CT molecular complexity index is 4720. The average Bonchev–Trinajstić information content (AvgIpc) is 1.28. The first kappa shape index (κ1) is 116. The number of aromatic nitrogens is 2. The van der Waals surface area contributed by atoms with Crippen LogP contribution in [0.5, 0.6) is 28.7 Å². The van der Waals surface area contributed by atoms with Gasteiger partial charge in [0.05, 0.1) is 12.8 Å². The minimum Gasteiger partial charge on any atom is -0.497 e. The Morgan fingerprint density at radius 2 is 0.852 bits per heavy atom. The number of benzene rings is 9. The number of methoxy groups -OCH3 is 1. The van der Waals surface area contributed by atoms with E-state index in [1.54, 1.807) is 24.4 Å². The molecule has 9 N–H and O–H groups in total. The number of nitrogens with one attached hydrogen (secondary N) is 9. The molecule has 2 aromatic heterocycles. The molecule has 2 aliphatic rings. The van der Waals surface area contributed by atoms with Crippen molar-refractivity contribution in [2.75, 3.05) is 80.1 Å². The molecule has 9 aromatic carbocycles. The monoisotopic (exact) mass is 1860 g/mol. The molecule has 2 unspecified atom stereocenters. The molecule has 3 heterocycles. The van der Waals surface area contributed by atoms with Crippen LogP contribution in [-0.2, 0) is 45.3 Å². The summed E-state index contributed by atoms with van der Waals surface area (Å²) in [6.07, 6.45) is 15.0. The third-order valence-electron chi connectivity index (χ3n) is 22.2. The molecule has 1 aliphatic heterocycles. The Morgan fingerprint density at radius 1 is 0.407 bits per heavy atom. The largest absolute Gasteiger partial charge is 0.497 e. The zero-order valence-corrected chi connectivity index (χ0v) is 87.6. The fourth-order valence-electron chi connectivity index (χ4n) is 14.6. The first-order valence-corrected chi connectivity index (χ1v) is 50.3. The van der Waals surface area contributed by atoms with Crippen LogP contribution in [0.3, 0.4) is 0 Å². The van der Waals surface area contributed by atoms with Crippen LogP contribution in [0.15, 0.2) is 266 Å². The molecular formula is C117H174ClN13O4. The van der Waals surface area contributed by atoms with Crippen molar-refractivity contribution in [1.82, 2.24) is 67.8 Å². The number of rotatable bonds is 39. The first-order valence-electron chi connectivity index (χ1n) is 50.0. The van der Waals surface area contributed by atoms with Crippen molar-refractivity contribution in [1.29, 1.82) is 0 Å². The lowest BCUT2D eigenvalue weighted by Gasteiger charge is -2.27. The molecule has 1 aliphatic carbocycles. The lowest BCUT2D eigenvalue weighted by molar-refractivity contribution is 0.227. The summed E-state index contributed by atoms with van der Waals surface area (Å²) in [5.41, 5.74) is 15.6. The molecule has 1 saturated heterocycles. The van der Waals surface area contributed by atoms with E-state index in [0.717, 1.165) is 129 Å². The molecule has 0 bridgehead atoms. The Balaban J connectivity index is 0.000000269. The van der Waals surface area contributed by atoms with Crippen LogP contribution in [-0.4, -0.2) is 154 Å². The van der Waals surface area contributed by atoms with E-state index in [0.29, 0.717) is 60.4 Å². The summed E-state index contributed by atoms with van der Waals surface area (Å²) in [7, 11) is 5.86. The number of halogens is 1. The lowest BCUT2D eigenvalue weighted by Crippen LogP contribution is -2.37. The van der Waals surface area contributed by atoms with Gasteiger partial charge in [0.2, 0.25) is 0 Å². The molecule has 13 rings (SSSR count). The number of likely N-dealkylation sites (tertiary alicyclic amines) is 1. The van der Waals surface area contributed by atoms with E-state index in [9.17, 15) is 0 Å². The van der Waals surface area contributed by atoms with Crippen molar-refractivity contribution in [3.63, 3.8) is 0 Å². The van der Waals surface area contributed by atoms with Crippen molar-refractivity contribution < 1.29 is 18.7 Å². The third-order valence-corrected chi connectivity index (χ3v) is 22.5. The van der Waals surface area contributed by atoms with Crippen LogP contribution in [0.1, 0.15) is 230 Å². The number of ether oxygens (including phenoxy) is 3. The number of pyridine rings is 1. The van der Waals surface area contributed by atoms with Gasteiger partial charge in [-0.3, -0.25) is 4.98 Å². The van der Waals surface area contributed by atoms with Gasteiger partial charge in [0, 0.05) is 129 Å². The number of fused-ring (bicyclic) bond motifs is 1. The highest BCUT2D eigenvalue weighted by atomic mass is 35.5. The Hall–Kier alpha value is -9.41. The molecule has 738 valence electrons. The van der Waals surface area contributed by atoms with Crippen molar-refractivity contribution in [2.45, 2.75) is 282 Å². The molecule has 135 heavy (non-hydrogen) atoms. The molecule has 0 radical (unpaired) electrons. The molecule has 2 atom stereocenters. The van der Waals surface area contributed by atoms with Crippen LogP contribution in [0.25, 0.3) is 11.1 Å². The van der Waals surface area contributed by atoms with E-state index < -0.39 is 0 Å². The predicted molar refractivity (Wildman–Crippen MR) is 577 cm³/mol. The van der Waals surface area contributed by atoms with E-state index in [-0.39, 0.29) is 0 Å². The number of nitrogens with zero attached hydrogens (tertiary/aromatic N) is 4. The van der Waals surface area contributed by atoms with Gasteiger partial charge in [0.25, 0.3) is 0 Å². The minimum atomic E-state index is 0.316. The number of piperidine rings is 1. The van der Waals surface area contributed by atoms with Crippen LogP contribution in [0.4, 0.5) is 0 Å². The SMILES string of the molecule is CC(C)NCC(c1ccccc1Cl)N(C)C.CC(C)NCC1CCCc2ccccc21.CC(C)NCCN1CCCCC1.CC(C)NCCc1cccnc1.CC(C)NCc1ccc(-c2ccccc2)cc1.CC(C)NCc1ccc(Oc2ccccc2)cc1.CC(C)NCc1cccc(Oc2ccccc2)c1.COc1cccc(CCNC(C)C)c1.Cc1noc(C)c1CCNC(C)C. The Morgan fingerprint density at radius 3 is 1.37 bits per heavy atom. The fraction of sp³-hybridized carbons (Fsp3) is 0.470. The number of likely N-dealkylation sites (N-methyl/N-ethyl adjacent to an activating group) is 1. The van der Waals surface area contributed by atoms with E-state index in [4.69, 9.17) is 30.3 Å². The summed E-state index contributed by atoms with van der Waals surface area (Å²) in [6.45, 7) is 55.7. The molecule has 0 spiro atoms. The number of hydrogen-bond donors (Lipinski definition) is 9. The van der Waals surface area contributed by atoms with Gasteiger partial charge in [0.15, 0.2) is 0 Å². The van der Waals surface area contributed by atoms with Gasteiger partial charge in [-0.15, -0.1) is 0 Å². The summed E-state index contributed by atoms with van der Waals surface area (Å²) in [4.78, 5) is 8.81. The second kappa shape index (κ2) is 69.4. The third kappa shape index (κ3) is 53.8. The first-order chi connectivity index (χ1) is 64.9. The maximum atomic E-state index is 6.22. The topological polar surface area (TPSA) is 181 Å². The quantitative estimate of drug-likeness (QED) is 0.0177. The molecule has 11 aromatic rings. The summed E-state index contributed by atoms with van der Waals surface area (Å²) in [5, 5.41) is 35.5. The van der Waals surface area contributed by atoms with Gasteiger partial charge in [-0.2, -0.15) is 0 Å². The Kier molecular flexibility index (Phi) is 59.7. The maximum Gasteiger partial charge on any atom is 0.137 e. The highest BCUT2D eigenvalue weighted by molar-refractivity contribution is 6.31. The lowest BCUT2D eigenvalue weighted by atomic mass is 9.83. The molecule has 18 heteroatoms. The number of aryl methyl sites for hydroxylation is 3.